The van der Waals surface area contributed by atoms with Gasteiger partial charge in [0.25, 0.3) is 0 Å². The summed E-state index contributed by atoms with van der Waals surface area (Å²) in [6, 6.07) is 0.615. The van der Waals surface area contributed by atoms with Crippen LogP contribution in [0.2, 0.25) is 0 Å². The molecule has 0 spiro atoms. The lowest BCUT2D eigenvalue weighted by molar-refractivity contribution is 0.189. The monoisotopic (exact) mass is 153 g/mol. The zero-order valence-corrected chi connectivity index (χ0v) is 6.95. The number of hydrogen-bond acceptors (Lipinski definition) is 3. The van der Waals surface area contributed by atoms with Gasteiger partial charge < -0.3 is 10.6 Å². The molecule has 1 atom stereocenters. The number of hydrogen-bond donors (Lipinski definition) is 1. The molecule has 0 radical (unpaired) electrons. The lowest BCUT2D eigenvalue weighted by Gasteiger charge is -2.35. The maximum absolute atomic E-state index is 5.66. The normalized spacial score (nSPS) is 31.9. The molecule has 2 N–H and O–H groups in total. The van der Waals surface area contributed by atoms with Gasteiger partial charge in [-0.1, -0.05) is 6.42 Å². The third-order valence-electron chi connectivity index (χ3n) is 2.99. The standard InChI is InChI=1S/C8H15N3/c1-11-7(5-10-8(11)9)6-3-2-4-6/h6-7H,2-5H2,1H3,(H2,9,10). The minimum absolute atomic E-state index is 0.615. The number of rotatable bonds is 1. The lowest BCUT2D eigenvalue weighted by atomic mass is 9.79. The second kappa shape index (κ2) is 2.40. The maximum atomic E-state index is 5.66. The van der Waals surface area contributed by atoms with E-state index in [4.69, 9.17) is 5.73 Å². The van der Waals surface area contributed by atoms with E-state index in [0.717, 1.165) is 18.4 Å². The van der Waals surface area contributed by atoms with Crippen molar-refractivity contribution in [3.8, 4) is 0 Å². The molecule has 11 heavy (non-hydrogen) atoms. The van der Waals surface area contributed by atoms with Crippen LogP contribution in [0.5, 0.6) is 0 Å². The molecule has 62 valence electrons. The fourth-order valence-corrected chi connectivity index (χ4v) is 1.88. The molecule has 2 aliphatic rings. The van der Waals surface area contributed by atoms with E-state index in [0.29, 0.717) is 6.04 Å². The van der Waals surface area contributed by atoms with Gasteiger partial charge in [0.2, 0.25) is 0 Å². The van der Waals surface area contributed by atoms with E-state index < -0.39 is 0 Å². The van der Waals surface area contributed by atoms with Gasteiger partial charge in [0.15, 0.2) is 5.96 Å². The van der Waals surface area contributed by atoms with Crippen molar-refractivity contribution in [2.45, 2.75) is 25.3 Å². The van der Waals surface area contributed by atoms with E-state index in [1.807, 2.05) is 0 Å². The summed E-state index contributed by atoms with van der Waals surface area (Å²) in [5.74, 6) is 1.59. The van der Waals surface area contributed by atoms with E-state index in [9.17, 15) is 0 Å². The van der Waals surface area contributed by atoms with Crippen molar-refractivity contribution in [2.24, 2.45) is 16.6 Å². The van der Waals surface area contributed by atoms with E-state index in [2.05, 4.69) is 16.9 Å². The van der Waals surface area contributed by atoms with Gasteiger partial charge in [-0.05, 0) is 18.8 Å². The summed E-state index contributed by atoms with van der Waals surface area (Å²) < 4.78 is 0. The Labute approximate surface area is 67.3 Å². The first-order valence-corrected chi connectivity index (χ1v) is 4.32. The van der Waals surface area contributed by atoms with Crippen LogP contribution in [0, 0.1) is 5.92 Å². The second-order valence-electron chi connectivity index (χ2n) is 3.57. The van der Waals surface area contributed by atoms with Crippen molar-refractivity contribution in [3.05, 3.63) is 0 Å². The fourth-order valence-electron chi connectivity index (χ4n) is 1.88. The Kier molecular flexibility index (Phi) is 1.51. The van der Waals surface area contributed by atoms with Crippen molar-refractivity contribution in [1.29, 1.82) is 0 Å². The highest BCUT2D eigenvalue weighted by Crippen LogP contribution is 2.33. The van der Waals surface area contributed by atoms with Crippen molar-refractivity contribution in [2.75, 3.05) is 13.6 Å². The van der Waals surface area contributed by atoms with Gasteiger partial charge in [-0.25, -0.2) is 0 Å². The first kappa shape index (κ1) is 6.95. The number of likely N-dealkylation sites (N-methyl/N-ethyl adjacent to an activating group) is 1. The van der Waals surface area contributed by atoms with Gasteiger partial charge >= 0.3 is 0 Å². The topological polar surface area (TPSA) is 41.6 Å². The molecule has 1 unspecified atom stereocenters. The van der Waals surface area contributed by atoms with Crippen molar-refractivity contribution >= 4 is 5.96 Å². The van der Waals surface area contributed by atoms with Crippen LogP contribution in [-0.2, 0) is 0 Å². The molecule has 3 nitrogen and oxygen atoms in total. The molecule has 0 aromatic rings. The molecule has 2 rings (SSSR count). The number of nitrogens with two attached hydrogens (primary N) is 1. The van der Waals surface area contributed by atoms with E-state index in [1.165, 1.54) is 19.3 Å². The van der Waals surface area contributed by atoms with Crippen molar-refractivity contribution in [1.82, 2.24) is 4.90 Å². The van der Waals surface area contributed by atoms with Crippen LogP contribution in [-0.4, -0.2) is 30.5 Å². The number of aliphatic imine (C=N–C) groups is 1. The van der Waals surface area contributed by atoms with Gasteiger partial charge in [-0.15, -0.1) is 0 Å². The summed E-state index contributed by atoms with van der Waals surface area (Å²) in [4.78, 5) is 6.35. The molecular weight excluding hydrogens is 138 g/mol. The van der Waals surface area contributed by atoms with Gasteiger partial charge in [0.05, 0.1) is 12.6 Å². The van der Waals surface area contributed by atoms with Crippen LogP contribution in [0.15, 0.2) is 4.99 Å². The average molecular weight is 153 g/mol. The molecule has 3 heteroatoms. The first-order chi connectivity index (χ1) is 5.29. The van der Waals surface area contributed by atoms with Gasteiger partial charge in [-0.2, -0.15) is 0 Å². The Balaban J connectivity index is 1.97. The lowest BCUT2D eigenvalue weighted by Crippen LogP contribution is -2.43. The third kappa shape index (κ3) is 0.988. The van der Waals surface area contributed by atoms with Crippen molar-refractivity contribution in [3.63, 3.8) is 0 Å². The highest BCUT2D eigenvalue weighted by Gasteiger charge is 2.33. The Morgan fingerprint density at radius 2 is 2.27 bits per heavy atom. The zero-order valence-electron chi connectivity index (χ0n) is 6.95. The molecule has 1 aliphatic heterocycles. The molecule has 0 aromatic heterocycles. The molecular formula is C8H15N3. The Hall–Kier alpha value is -0.730. The Bertz CT molecular complexity index is 184. The molecule has 0 bridgehead atoms. The summed E-state index contributed by atoms with van der Waals surface area (Å²) in [6.45, 7) is 0.924. The molecule has 0 saturated heterocycles. The highest BCUT2D eigenvalue weighted by molar-refractivity contribution is 5.79. The van der Waals surface area contributed by atoms with Gasteiger partial charge in [-0.3, -0.25) is 4.99 Å². The average Bonchev–Trinajstić information content (AvgIpc) is 2.15. The quantitative estimate of drug-likeness (QED) is 0.593. The molecule has 1 heterocycles. The van der Waals surface area contributed by atoms with Crippen LogP contribution in [0.25, 0.3) is 0 Å². The SMILES string of the molecule is CN1C(N)=NCC1C1CCC1. The smallest absolute Gasteiger partial charge is 0.191 e. The third-order valence-corrected chi connectivity index (χ3v) is 2.99. The van der Waals surface area contributed by atoms with Crippen molar-refractivity contribution < 1.29 is 0 Å². The molecule has 0 aromatic carbocycles. The summed E-state index contributed by atoms with van der Waals surface area (Å²) in [6.07, 6.45) is 4.14. The predicted octanol–water partition coefficient (Wildman–Crippen LogP) is 0.415. The van der Waals surface area contributed by atoms with Crippen LogP contribution >= 0.6 is 0 Å². The van der Waals surface area contributed by atoms with E-state index >= 15 is 0 Å². The van der Waals surface area contributed by atoms with Crippen LogP contribution in [0.3, 0.4) is 0 Å². The Morgan fingerprint density at radius 3 is 2.64 bits per heavy atom. The van der Waals surface area contributed by atoms with E-state index in [1.54, 1.807) is 0 Å². The first-order valence-electron chi connectivity index (χ1n) is 4.32. The molecule has 1 aliphatic carbocycles. The number of guanidine groups is 1. The molecule has 1 fully saturated rings. The Morgan fingerprint density at radius 1 is 1.55 bits per heavy atom. The van der Waals surface area contributed by atoms with Gasteiger partial charge in [0.1, 0.15) is 0 Å². The van der Waals surface area contributed by atoms with Gasteiger partial charge in [0, 0.05) is 7.05 Å². The second-order valence-corrected chi connectivity index (χ2v) is 3.57. The minimum Gasteiger partial charge on any atom is -0.370 e. The van der Waals surface area contributed by atoms with Crippen LogP contribution in [0.1, 0.15) is 19.3 Å². The van der Waals surface area contributed by atoms with Crippen LogP contribution in [0.4, 0.5) is 0 Å². The number of nitrogens with zero attached hydrogens (tertiary/aromatic N) is 2. The predicted molar refractivity (Wildman–Crippen MR) is 45.4 cm³/mol. The summed E-state index contributed by atoms with van der Waals surface area (Å²) >= 11 is 0. The van der Waals surface area contributed by atoms with E-state index in [-0.39, 0.29) is 0 Å². The maximum Gasteiger partial charge on any atom is 0.191 e. The molecule has 1 saturated carbocycles. The summed E-state index contributed by atoms with van der Waals surface area (Å²) in [7, 11) is 2.05. The highest BCUT2D eigenvalue weighted by atomic mass is 15.3. The minimum atomic E-state index is 0.615. The summed E-state index contributed by atoms with van der Waals surface area (Å²) in [5.41, 5.74) is 5.66. The zero-order chi connectivity index (χ0) is 7.84. The fraction of sp³-hybridized carbons (Fsp3) is 0.875. The summed E-state index contributed by atoms with van der Waals surface area (Å²) in [5, 5.41) is 0. The van der Waals surface area contributed by atoms with Crippen LogP contribution < -0.4 is 5.73 Å². The largest absolute Gasteiger partial charge is 0.370 e. The molecule has 0 amide bonds.